The van der Waals surface area contributed by atoms with Gasteiger partial charge >= 0.3 is 6.18 Å². The fourth-order valence-corrected chi connectivity index (χ4v) is 5.99. The molecule has 10 heteroatoms. The van der Waals surface area contributed by atoms with Gasteiger partial charge in [0, 0.05) is 18.0 Å². The first-order valence-electron chi connectivity index (χ1n) is 8.49. The number of halogens is 3. The summed E-state index contributed by atoms with van der Waals surface area (Å²) in [6.45, 7) is -0.174. The number of carbonyl (C=O) groups is 1. The first-order valence-corrected chi connectivity index (χ1v) is 11.1. The average Bonchev–Trinajstić information content (AvgIpc) is 3.10. The van der Waals surface area contributed by atoms with Crippen LogP contribution in [0.2, 0.25) is 0 Å². The van der Waals surface area contributed by atoms with Crippen LogP contribution >= 0.6 is 11.3 Å². The van der Waals surface area contributed by atoms with E-state index in [1.165, 1.54) is 28.4 Å². The third-order valence-electron chi connectivity index (χ3n) is 4.48. The topological polar surface area (TPSA) is 63.7 Å². The Bertz CT molecular complexity index is 927. The lowest BCUT2D eigenvalue weighted by atomic mass is 10.2. The van der Waals surface area contributed by atoms with E-state index in [1.54, 1.807) is 12.1 Å². The Labute approximate surface area is 164 Å². The van der Waals surface area contributed by atoms with E-state index in [9.17, 15) is 26.4 Å². The largest absolute Gasteiger partial charge is 0.484 e. The molecule has 0 aliphatic carbocycles. The summed E-state index contributed by atoms with van der Waals surface area (Å²) in [6, 6.07) is 7.83. The van der Waals surface area contributed by atoms with Crippen LogP contribution in [0.25, 0.3) is 0 Å². The van der Waals surface area contributed by atoms with Gasteiger partial charge in [-0.3, -0.25) is 4.79 Å². The van der Waals surface area contributed by atoms with Crippen molar-refractivity contribution < 1.29 is 31.1 Å². The molecule has 1 aromatic heterocycles. The molecule has 0 saturated carbocycles. The Kier molecular flexibility index (Phi) is 5.99. The summed E-state index contributed by atoms with van der Waals surface area (Å²) in [6.07, 6.45) is -4.22. The lowest BCUT2D eigenvalue weighted by Crippen LogP contribution is -2.37. The first kappa shape index (κ1) is 20.7. The van der Waals surface area contributed by atoms with E-state index in [2.05, 4.69) is 0 Å². The van der Waals surface area contributed by atoms with Gasteiger partial charge < -0.3 is 9.64 Å². The molecular weight excluding hydrogens is 415 g/mol. The van der Waals surface area contributed by atoms with Crippen molar-refractivity contribution in [3.63, 3.8) is 0 Å². The SMILES string of the molecule is O=C(COc1cccc(C(F)(F)F)c1)N1CCC(c2cccs2)S(=O)(=O)CC1. The van der Waals surface area contributed by atoms with Crippen LogP contribution in [0.4, 0.5) is 13.2 Å². The average molecular weight is 433 g/mol. The molecule has 152 valence electrons. The van der Waals surface area contributed by atoms with Gasteiger partial charge in [-0.2, -0.15) is 13.2 Å². The summed E-state index contributed by atoms with van der Waals surface area (Å²) >= 11 is 1.36. The molecule has 1 amide bonds. The van der Waals surface area contributed by atoms with Crippen molar-refractivity contribution in [1.82, 2.24) is 4.90 Å². The van der Waals surface area contributed by atoms with Crippen molar-refractivity contribution in [2.24, 2.45) is 0 Å². The predicted molar refractivity (Wildman–Crippen MR) is 99.0 cm³/mol. The molecule has 28 heavy (non-hydrogen) atoms. The van der Waals surface area contributed by atoms with Crippen molar-refractivity contribution in [2.75, 3.05) is 25.4 Å². The lowest BCUT2D eigenvalue weighted by molar-refractivity contribution is -0.137. The van der Waals surface area contributed by atoms with Crippen molar-refractivity contribution >= 4 is 27.1 Å². The highest BCUT2D eigenvalue weighted by atomic mass is 32.2. The van der Waals surface area contributed by atoms with Gasteiger partial charge in [-0.05, 0) is 36.1 Å². The number of nitrogens with zero attached hydrogens (tertiary/aromatic N) is 1. The number of benzene rings is 1. The molecule has 0 radical (unpaired) electrons. The molecule has 5 nitrogen and oxygen atoms in total. The minimum atomic E-state index is -4.50. The number of thiophene rings is 1. The molecule has 1 atom stereocenters. The van der Waals surface area contributed by atoms with Gasteiger partial charge in [0.1, 0.15) is 5.75 Å². The van der Waals surface area contributed by atoms with E-state index < -0.39 is 39.3 Å². The highest BCUT2D eigenvalue weighted by Gasteiger charge is 2.33. The summed E-state index contributed by atoms with van der Waals surface area (Å²) in [5.74, 6) is -0.688. The van der Waals surface area contributed by atoms with Crippen LogP contribution in [0, 0.1) is 0 Å². The third kappa shape index (κ3) is 4.85. The number of amides is 1. The van der Waals surface area contributed by atoms with Crippen LogP contribution in [0.1, 0.15) is 22.1 Å². The van der Waals surface area contributed by atoms with Gasteiger partial charge in [0.25, 0.3) is 5.91 Å². The summed E-state index contributed by atoms with van der Waals surface area (Å²) in [5, 5.41) is 1.16. The molecule has 1 fully saturated rings. The molecule has 1 aliphatic heterocycles. The van der Waals surface area contributed by atoms with E-state index in [-0.39, 0.29) is 31.0 Å². The van der Waals surface area contributed by atoms with Gasteiger partial charge in [0.2, 0.25) is 0 Å². The quantitative estimate of drug-likeness (QED) is 0.740. The monoisotopic (exact) mass is 433 g/mol. The Hall–Kier alpha value is -2.07. The zero-order valence-electron chi connectivity index (χ0n) is 14.7. The molecule has 0 N–H and O–H groups in total. The van der Waals surface area contributed by atoms with Gasteiger partial charge in [-0.15, -0.1) is 11.3 Å². The van der Waals surface area contributed by atoms with Gasteiger partial charge in [-0.1, -0.05) is 12.1 Å². The smallest absolute Gasteiger partial charge is 0.416 e. The van der Waals surface area contributed by atoms with Crippen molar-refractivity contribution in [3.05, 3.63) is 52.2 Å². The number of rotatable bonds is 4. The van der Waals surface area contributed by atoms with Crippen LogP contribution in [0.5, 0.6) is 5.75 Å². The Morgan fingerprint density at radius 1 is 1.21 bits per heavy atom. The minimum Gasteiger partial charge on any atom is -0.484 e. The van der Waals surface area contributed by atoms with Gasteiger partial charge in [-0.25, -0.2) is 8.42 Å². The number of alkyl halides is 3. The fourth-order valence-electron chi connectivity index (χ4n) is 2.99. The number of ether oxygens (including phenoxy) is 1. The van der Waals surface area contributed by atoms with Crippen LogP contribution in [0.15, 0.2) is 41.8 Å². The Balaban J connectivity index is 1.63. The van der Waals surface area contributed by atoms with Crippen LogP contribution in [0.3, 0.4) is 0 Å². The molecule has 2 aromatic rings. The van der Waals surface area contributed by atoms with E-state index in [0.29, 0.717) is 0 Å². The molecule has 1 aromatic carbocycles. The molecule has 0 spiro atoms. The van der Waals surface area contributed by atoms with Crippen LogP contribution < -0.4 is 4.74 Å². The summed E-state index contributed by atoms with van der Waals surface area (Å²) in [7, 11) is -3.39. The lowest BCUT2D eigenvalue weighted by Gasteiger charge is -2.20. The second kappa shape index (κ2) is 8.12. The Morgan fingerprint density at radius 3 is 2.68 bits per heavy atom. The predicted octanol–water partition coefficient (Wildman–Crippen LogP) is 3.53. The highest BCUT2D eigenvalue weighted by molar-refractivity contribution is 7.91. The van der Waals surface area contributed by atoms with E-state index in [1.807, 2.05) is 5.38 Å². The minimum absolute atomic E-state index is 0.0367. The molecule has 1 unspecified atom stereocenters. The molecule has 2 heterocycles. The number of sulfone groups is 1. The van der Waals surface area contributed by atoms with E-state index in [0.717, 1.165) is 17.0 Å². The number of hydrogen-bond donors (Lipinski definition) is 0. The van der Waals surface area contributed by atoms with Crippen molar-refractivity contribution in [2.45, 2.75) is 17.8 Å². The summed E-state index contributed by atoms with van der Waals surface area (Å²) in [5.41, 5.74) is -0.864. The Morgan fingerprint density at radius 2 is 2.00 bits per heavy atom. The molecule has 0 bridgehead atoms. The molecule has 1 aliphatic rings. The van der Waals surface area contributed by atoms with Gasteiger partial charge in [0.15, 0.2) is 16.4 Å². The molecule has 3 rings (SSSR count). The van der Waals surface area contributed by atoms with Crippen molar-refractivity contribution in [3.8, 4) is 5.75 Å². The highest BCUT2D eigenvalue weighted by Crippen LogP contribution is 2.33. The van der Waals surface area contributed by atoms with E-state index in [4.69, 9.17) is 4.74 Å². The van der Waals surface area contributed by atoms with E-state index >= 15 is 0 Å². The molecule has 1 saturated heterocycles. The second-order valence-corrected chi connectivity index (χ2v) is 9.64. The standard InChI is InChI=1S/C18H18F3NO4S2/c19-18(20,21)13-3-1-4-14(11-13)26-12-17(23)22-7-6-16(15-5-2-9-27-15)28(24,25)10-8-22/h1-5,9,11,16H,6-8,10,12H2. The third-order valence-corrected chi connectivity index (χ3v) is 7.72. The molecular formula is C18H18F3NO4S2. The van der Waals surface area contributed by atoms with Gasteiger partial charge in [0.05, 0.1) is 16.6 Å². The first-order chi connectivity index (χ1) is 13.2. The summed E-state index contributed by atoms with van der Waals surface area (Å²) < 4.78 is 68.5. The van der Waals surface area contributed by atoms with Crippen LogP contribution in [-0.4, -0.2) is 44.7 Å². The maximum absolute atomic E-state index is 12.7. The van der Waals surface area contributed by atoms with Crippen LogP contribution in [-0.2, 0) is 20.8 Å². The number of hydrogen-bond acceptors (Lipinski definition) is 5. The second-order valence-electron chi connectivity index (χ2n) is 6.35. The zero-order chi connectivity index (χ0) is 20.4. The number of carbonyl (C=O) groups excluding carboxylic acids is 1. The fraction of sp³-hybridized carbons (Fsp3) is 0.389. The maximum atomic E-state index is 12.7. The zero-order valence-corrected chi connectivity index (χ0v) is 16.3. The maximum Gasteiger partial charge on any atom is 0.416 e. The summed E-state index contributed by atoms with van der Waals surface area (Å²) in [4.78, 5) is 14.5. The normalized spacial score (nSPS) is 19.8. The van der Waals surface area contributed by atoms with Crippen molar-refractivity contribution in [1.29, 1.82) is 0 Å².